The van der Waals surface area contributed by atoms with Crippen LogP contribution in [0, 0.1) is 5.82 Å². The molecule has 0 radical (unpaired) electrons. The molecule has 1 N–H and O–H groups in total. The highest BCUT2D eigenvalue weighted by Gasteiger charge is 2.03. The van der Waals surface area contributed by atoms with Gasteiger partial charge in [-0.15, -0.1) is 0 Å². The third-order valence-corrected chi connectivity index (χ3v) is 3.10. The number of benzene rings is 2. The summed E-state index contributed by atoms with van der Waals surface area (Å²) in [5.74, 6) is 0.603. The first-order valence-corrected chi connectivity index (χ1v) is 6.93. The van der Waals surface area contributed by atoms with Gasteiger partial charge < -0.3 is 10.1 Å². The van der Waals surface area contributed by atoms with E-state index >= 15 is 0 Å². The fourth-order valence-corrected chi connectivity index (χ4v) is 2.13. The Hall–Kier alpha value is -1.58. The lowest BCUT2D eigenvalue weighted by Gasteiger charge is -2.08. The molecule has 0 atom stereocenters. The van der Waals surface area contributed by atoms with E-state index in [1.165, 1.54) is 6.07 Å². The van der Waals surface area contributed by atoms with Crippen LogP contribution in [0.3, 0.4) is 0 Å². The van der Waals surface area contributed by atoms with E-state index in [9.17, 15) is 4.39 Å². The van der Waals surface area contributed by atoms with Crippen LogP contribution in [0.15, 0.2) is 42.5 Å². The molecule has 2 aromatic carbocycles. The van der Waals surface area contributed by atoms with Gasteiger partial charge in [-0.25, -0.2) is 4.39 Å². The topological polar surface area (TPSA) is 21.3 Å². The Kier molecular flexibility index (Phi) is 5.39. The summed E-state index contributed by atoms with van der Waals surface area (Å²) in [5.41, 5.74) is 1.66. The molecule has 0 amide bonds. The Bertz CT molecular complexity index is 574. The molecule has 0 aromatic heterocycles. The second-order valence-corrected chi connectivity index (χ2v) is 4.86. The molecule has 0 aliphatic carbocycles. The van der Waals surface area contributed by atoms with Crippen LogP contribution in [0.25, 0.3) is 0 Å². The Labute approximate surface area is 123 Å². The lowest BCUT2D eigenvalue weighted by molar-refractivity contribution is 0.340. The van der Waals surface area contributed by atoms with Gasteiger partial charge in [0, 0.05) is 23.7 Å². The number of hydrogen-bond donors (Lipinski definition) is 1. The summed E-state index contributed by atoms with van der Waals surface area (Å²) in [6, 6.07) is 12.4. The van der Waals surface area contributed by atoms with Crippen LogP contribution >= 0.6 is 11.6 Å². The van der Waals surface area contributed by atoms with Gasteiger partial charge in [-0.3, -0.25) is 0 Å². The van der Waals surface area contributed by atoms with Crippen molar-refractivity contribution in [2.45, 2.75) is 20.0 Å². The summed E-state index contributed by atoms with van der Waals surface area (Å²) < 4.78 is 19.0. The summed E-state index contributed by atoms with van der Waals surface area (Å²) in [6.07, 6.45) is 0. The SMILES string of the molecule is CCOc1cccc(CNCc2cc(Cl)ccc2F)c1. The third kappa shape index (κ3) is 4.22. The van der Waals surface area contributed by atoms with Gasteiger partial charge in [0.25, 0.3) is 0 Å². The highest BCUT2D eigenvalue weighted by molar-refractivity contribution is 6.30. The van der Waals surface area contributed by atoms with Gasteiger partial charge in [0.05, 0.1) is 6.61 Å². The zero-order chi connectivity index (χ0) is 14.4. The molecule has 2 aromatic rings. The van der Waals surface area contributed by atoms with Crippen LogP contribution in [0.2, 0.25) is 5.02 Å². The summed E-state index contributed by atoms with van der Waals surface area (Å²) in [6.45, 7) is 3.68. The molecule has 0 aliphatic heterocycles. The van der Waals surface area contributed by atoms with E-state index in [4.69, 9.17) is 16.3 Å². The number of ether oxygens (including phenoxy) is 1. The summed E-state index contributed by atoms with van der Waals surface area (Å²) in [5, 5.41) is 3.74. The van der Waals surface area contributed by atoms with E-state index in [1.807, 2.05) is 31.2 Å². The molecular formula is C16H17ClFNO. The maximum atomic E-state index is 13.5. The zero-order valence-corrected chi connectivity index (χ0v) is 12.1. The van der Waals surface area contributed by atoms with Crippen molar-refractivity contribution in [3.8, 4) is 5.75 Å². The van der Waals surface area contributed by atoms with Crippen LogP contribution < -0.4 is 10.1 Å². The summed E-state index contributed by atoms with van der Waals surface area (Å²) >= 11 is 5.86. The summed E-state index contributed by atoms with van der Waals surface area (Å²) in [7, 11) is 0. The quantitative estimate of drug-likeness (QED) is 0.863. The van der Waals surface area contributed by atoms with Crippen LogP contribution in [0.1, 0.15) is 18.1 Å². The average molecular weight is 294 g/mol. The molecule has 0 unspecified atom stereocenters. The molecule has 0 bridgehead atoms. The zero-order valence-electron chi connectivity index (χ0n) is 11.3. The fourth-order valence-electron chi connectivity index (χ4n) is 1.93. The van der Waals surface area contributed by atoms with E-state index in [2.05, 4.69) is 5.32 Å². The van der Waals surface area contributed by atoms with E-state index in [1.54, 1.807) is 12.1 Å². The van der Waals surface area contributed by atoms with Gasteiger partial charge in [0.15, 0.2) is 0 Å². The van der Waals surface area contributed by atoms with Gasteiger partial charge >= 0.3 is 0 Å². The minimum atomic E-state index is -0.245. The Balaban J connectivity index is 1.92. The van der Waals surface area contributed by atoms with Gasteiger partial charge in [-0.05, 0) is 42.8 Å². The van der Waals surface area contributed by atoms with Crippen LogP contribution in [0.4, 0.5) is 4.39 Å². The molecule has 20 heavy (non-hydrogen) atoms. The smallest absolute Gasteiger partial charge is 0.127 e. The average Bonchev–Trinajstić information content (AvgIpc) is 2.43. The predicted octanol–water partition coefficient (Wildman–Crippen LogP) is 4.17. The number of rotatable bonds is 6. The highest BCUT2D eigenvalue weighted by atomic mass is 35.5. The van der Waals surface area contributed by atoms with E-state index in [-0.39, 0.29) is 5.82 Å². The summed E-state index contributed by atoms with van der Waals surface area (Å²) in [4.78, 5) is 0. The molecular weight excluding hydrogens is 277 g/mol. The van der Waals surface area contributed by atoms with Crippen molar-refractivity contribution in [3.63, 3.8) is 0 Å². The Morgan fingerprint density at radius 1 is 1.15 bits per heavy atom. The minimum Gasteiger partial charge on any atom is -0.494 e. The molecule has 0 aliphatic rings. The number of halogens is 2. The normalized spacial score (nSPS) is 10.6. The van der Waals surface area contributed by atoms with Crippen molar-refractivity contribution in [2.24, 2.45) is 0 Å². The van der Waals surface area contributed by atoms with Crippen molar-refractivity contribution >= 4 is 11.6 Å². The number of hydrogen-bond acceptors (Lipinski definition) is 2. The molecule has 0 saturated carbocycles. The molecule has 0 saturated heterocycles. The maximum Gasteiger partial charge on any atom is 0.127 e. The fraction of sp³-hybridized carbons (Fsp3) is 0.250. The molecule has 106 valence electrons. The van der Waals surface area contributed by atoms with Gasteiger partial charge in [0.1, 0.15) is 11.6 Å². The van der Waals surface area contributed by atoms with Crippen LogP contribution in [-0.4, -0.2) is 6.61 Å². The van der Waals surface area contributed by atoms with Crippen molar-refractivity contribution in [1.29, 1.82) is 0 Å². The second kappa shape index (κ2) is 7.27. The Morgan fingerprint density at radius 3 is 2.80 bits per heavy atom. The lowest BCUT2D eigenvalue weighted by atomic mass is 10.2. The molecule has 2 rings (SSSR count). The molecule has 0 spiro atoms. The first-order chi connectivity index (χ1) is 9.69. The van der Waals surface area contributed by atoms with Gasteiger partial charge in [-0.1, -0.05) is 23.7 Å². The number of nitrogens with one attached hydrogen (secondary N) is 1. The van der Waals surface area contributed by atoms with Gasteiger partial charge in [-0.2, -0.15) is 0 Å². The van der Waals surface area contributed by atoms with Gasteiger partial charge in [0.2, 0.25) is 0 Å². The van der Waals surface area contributed by atoms with E-state index in [0.717, 1.165) is 11.3 Å². The maximum absolute atomic E-state index is 13.5. The lowest BCUT2D eigenvalue weighted by Crippen LogP contribution is -2.13. The predicted molar refractivity (Wildman–Crippen MR) is 79.6 cm³/mol. The van der Waals surface area contributed by atoms with Crippen LogP contribution in [0.5, 0.6) is 5.75 Å². The van der Waals surface area contributed by atoms with Crippen LogP contribution in [-0.2, 0) is 13.1 Å². The van der Waals surface area contributed by atoms with Crippen molar-refractivity contribution in [1.82, 2.24) is 5.32 Å². The van der Waals surface area contributed by atoms with Crippen molar-refractivity contribution in [2.75, 3.05) is 6.61 Å². The molecule has 2 nitrogen and oxygen atoms in total. The first kappa shape index (κ1) is 14.8. The largest absolute Gasteiger partial charge is 0.494 e. The molecule has 4 heteroatoms. The van der Waals surface area contributed by atoms with Crippen molar-refractivity contribution < 1.29 is 9.13 Å². The Morgan fingerprint density at radius 2 is 2.00 bits per heavy atom. The minimum absolute atomic E-state index is 0.245. The van der Waals surface area contributed by atoms with E-state index in [0.29, 0.717) is 30.3 Å². The first-order valence-electron chi connectivity index (χ1n) is 6.55. The third-order valence-electron chi connectivity index (χ3n) is 2.86. The van der Waals surface area contributed by atoms with Crippen molar-refractivity contribution in [3.05, 3.63) is 64.4 Å². The second-order valence-electron chi connectivity index (χ2n) is 4.42. The monoisotopic (exact) mass is 293 g/mol. The standard InChI is InChI=1S/C16H17ClFNO/c1-2-20-15-5-3-4-12(8-15)10-19-11-13-9-14(17)6-7-16(13)18/h3-9,19H,2,10-11H2,1H3. The van der Waals surface area contributed by atoms with E-state index < -0.39 is 0 Å². The molecule has 0 heterocycles. The molecule has 0 fully saturated rings. The highest BCUT2D eigenvalue weighted by Crippen LogP contribution is 2.16.